The Morgan fingerprint density at radius 2 is 1.71 bits per heavy atom. The molecule has 0 saturated heterocycles. The van der Waals surface area contributed by atoms with Gasteiger partial charge in [0.05, 0.1) is 10.6 Å². The fourth-order valence-electron chi connectivity index (χ4n) is 4.65. The van der Waals surface area contributed by atoms with Gasteiger partial charge < -0.3 is 9.63 Å². The molecule has 1 unspecified atom stereocenters. The molecule has 0 amide bonds. The molecule has 1 aromatic heterocycles. The van der Waals surface area contributed by atoms with Gasteiger partial charge in [-0.25, -0.2) is 13.2 Å². The number of benzene rings is 4. The lowest BCUT2D eigenvalue weighted by atomic mass is 10.0. The molecule has 0 aliphatic heterocycles. The number of aromatic nitrogens is 2. The molecule has 11 heteroatoms. The molecule has 1 heterocycles. The molecule has 0 aliphatic carbocycles. The van der Waals surface area contributed by atoms with Crippen LogP contribution in [0.3, 0.4) is 0 Å². The summed E-state index contributed by atoms with van der Waals surface area (Å²) in [4.78, 5) is 16.8. The summed E-state index contributed by atoms with van der Waals surface area (Å²) in [7, 11) is -4.39. The van der Waals surface area contributed by atoms with Crippen LogP contribution >= 0.6 is 23.2 Å². The highest BCUT2D eigenvalue weighted by molar-refractivity contribution is 7.93. The topological polar surface area (TPSA) is 114 Å². The molecule has 1 atom stereocenters. The molecule has 4 aromatic carbocycles. The SMILES string of the molecule is CCCCC(C(=O)O)N(c1ccc2c(-c3noc(-c4ccccc4)n3)cccc2c1)S(=O)(=O)c1cc(Cl)cc(Cl)c1. The molecule has 0 saturated carbocycles. The molecule has 0 spiro atoms. The third-order valence-electron chi connectivity index (χ3n) is 6.60. The van der Waals surface area contributed by atoms with E-state index in [0.717, 1.165) is 15.3 Å². The van der Waals surface area contributed by atoms with Gasteiger partial charge in [0.25, 0.3) is 15.9 Å². The zero-order chi connectivity index (χ0) is 29.1. The Labute approximate surface area is 247 Å². The van der Waals surface area contributed by atoms with Crippen LogP contribution in [0.25, 0.3) is 33.6 Å². The van der Waals surface area contributed by atoms with Gasteiger partial charge in [-0.2, -0.15) is 4.98 Å². The van der Waals surface area contributed by atoms with Crippen molar-refractivity contribution < 1.29 is 22.8 Å². The van der Waals surface area contributed by atoms with Crippen molar-refractivity contribution in [1.82, 2.24) is 10.1 Å². The van der Waals surface area contributed by atoms with Crippen molar-refractivity contribution in [1.29, 1.82) is 0 Å². The Morgan fingerprint density at radius 1 is 0.976 bits per heavy atom. The van der Waals surface area contributed by atoms with Crippen molar-refractivity contribution in [2.75, 3.05) is 4.31 Å². The van der Waals surface area contributed by atoms with E-state index in [1.54, 1.807) is 24.3 Å². The minimum atomic E-state index is -4.39. The molecule has 5 aromatic rings. The van der Waals surface area contributed by atoms with Crippen molar-refractivity contribution in [3.05, 3.63) is 95.0 Å². The molecule has 8 nitrogen and oxygen atoms in total. The average Bonchev–Trinajstić information content (AvgIpc) is 3.44. The minimum Gasteiger partial charge on any atom is -0.480 e. The fraction of sp³-hybridized carbons (Fsp3) is 0.167. The van der Waals surface area contributed by atoms with E-state index < -0.39 is 22.0 Å². The number of hydrogen-bond donors (Lipinski definition) is 1. The molecule has 0 fully saturated rings. The van der Waals surface area contributed by atoms with Gasteiger partial charge in [-0.3, -0.25) is 4.31 Å². The van der Waals surface area contributed by atoms with Crippen molar-refractivity contribution in [2.24, 2.45) is 0 Å². The van der Waals surface area contributed by atoms with Gasteiger partial charge in [-0.05, 0) is 59.7 Å². The summed E-state index contributed by atoms with van der Waals surface area (Å²) in [5, 5.41) is 16.0. The summed E-state index contributed by atoms with van der Waals surface area (Å²) in [5.41, 5.74) is 1.65. The highest BCUT2D eigenvalue weighted by Crippen LogP contribution is 2.35. The second-order valence-electron chi connectivity index (χ2n) is 9.40. The Bertz CT molecular complexity index is 1810. The second kappa shape index (κ2) is 11.9. The van der Waals surface area contributed by atoms with Gasteiger partial charge >= 0.3 is 5.97 Å². The zero-order valence-electron chi connectivity index (χ0n) is 21.9. The number of unbranched alkanes of at least 4 members (excludes halogenated alkanes) is 1. The van der Waals surface area contributed by atoms with E-state index in [-0.39, 0.29) is 27.0 Å². The maximum absolute atomic E-state index is 14.0. The third kappa shape index (κ3) is 5.93. The lowest BCUT2D eigenvalue weighted by Gasteiger charge is -2.30. The number of hydrogen-bond acceptors (Lipinski definition) is 6. The van der Waals surface area contributed by atoms with Gasteiger partial charge in [0.1, 0.15) is 6.04 Å². The monoisotopic (exact) mass is 609 g/mol. The molecule has 5 rings (SSSR count). The third-order valence-corrected chi connectivity index (χ3v) is 8.85. The summed E-state index contributed by atoms with van der Waals surface area (Å²) in [6.45, 7) is 1.91. The van der Waals surface area contributed by atoms with Crippen LogP contribution in [0, 0.1) is 0 Å². The van der Waals surface area contributed by atoms with E-state index in [1.807, 2.05) is 49.4 Å². The van der Waals surface area contributed by atoms with Crippen LogP contribution in [0.5, 0.6) is 0 Å². The van der Waals surface area contributed by atoms with E-state index >= 15 is 0 Å². The Morgan fingerprint density at radius 3 is 2.39 bits per heavy atom. The Balaban J connectivity index is 1.63. The molecular formula is C30H25Cl2N3O5S. The molecule has 0 bridgehead atoms. The van der Waals surface area contributed by atoms with Gasteiger partial charge in [-0.1, -0.05) is 90.6 Å². The van der Waals surface area contributed by atoms with Gasteiger partial charge in [0.2, 0.25) is 5.82 Å². The van der Waals surface area contributed by atoms with Crippen molar-refractivity contribution in [3.8, 4) is 22.8 Å². The Hall–Kier alpha value is -3.92. The maximum Gasteiger partial charge on any atom is 0.327 e. The molecule has 41 heavy (non-hydrogen) atoms. The summed E-state index contributed by atoms with van der Waals surface area (Å²) >= 11 is 12.2. The predicted molar refractivity (Wildman–Crippen MR) is 160 cm³/mol. The molecule has 0 radical (unpaired) electrons. The van der Waals surface area contributed by atoms with E-state index in [4.69, 9.17) is 27.7 Å². The van der Waals surface area contributed by atoms with Crippen LogP contribution in [0.4, 0.5) is 5.69 Å². The Kier molecular flexibility index (Phi) is 8.30. The largest absolute Gasteiger partial charge is 0.480 e. The first-order valence-corrected chi connectivity index (χ1v) is 15.0. The predicted octanol–water partition coefficient (Wildman–Crippen LogP) is 7.70. The summed E-state index contributed by atoms with van der Waals surface area (Å²) < 4.78 is 34.5. The van der Waals surface area contributed by atoms with E-state index in [0.29, 0.717) is 35.5 Å². The molecule has 0 aliphatic rings. The van der Waals surface area contributed by atoms with Crippen LogP contribution in [0.1, 0.15) is 26.2 Å². The number of halogens is 2. The average molecular weight is 611 g/mol. The number of sulfonamides is 1. The number of carbonyl (C=O) groups is 1. The quantitative estimate of drug-likeness (QED) is 0.172. The number of anilines is 1. The van der Waals surface area contributed by atoms with Crippen LogP contribution in [0.2, 0.25) is 10.0 Å². The number of nitrogens with zero attached hydrogens (tertiary/aromatic N) is 3. The highest BCUT2D eigenvalue weighted by Gasteiger charge is 2.36. The lowest BCUT2D eigenvalue weighted by Crippen LogP contribution is -2.45. The number of fused-ring (bicyclic) bond motifs is 1. The first-order valence-electron chi connectivity index (χ1n) is 12.8. The van der Waals surface area contributed by atoms with Crippen molar-refractivity contribution >= 4 is 55.7 Å². The van der Waals surface area contributed by atoms with Crippen LogP contribution in [-0.2, 0) is 14.8 Å². The second-order valence-corrected chi connectivity index (χ2v) is 12.1. The van der Waals surface area contributed by atoms with Crippen molar-refractivity contribution in [3.63, 3.8) is 0 Å². The minimum absolute atomic E-state index is 0.114. The van der Waals surface area contributed by atoms with Gasteiger partial charge in [0.15, 0.2) is 0 Å². The number of carboxylic acids is 1. The van der Waals surface area contributed by atoms with E-state index in [1.165, 1.54) is 18.2 Å². The smallest absolute Gasteiger partial charge is 0.327 e. The van der Waals surface area contributed by atoms with E-state index in [2.05, 4.69) is 10.1 Å². The maximum atomic E-state index is 14.0. The van der Waals surface area contributed by atoms with Gasteiger partial charge in [-0.15, -0.1) is 0 Å². The standard InChI is InChI=1S/C30H25Cl2N3O5S/c1-2-3-12-27(30(36)37)35(41(38,39)24-17-21(31)16-22(32)18-24)23-13-14-25-20(15-23)10-7-11-26(25)28-33-29(40-34-28)19-8-5-4-6-9-19/h4-11,13-18,27H,2-3,12H2,1H3,(H,36,37). The van der Waals surface area contributed by atoms with Crippen molar-refractivity contribution in [2.45, 2.75) is 37.1 Å². The van der Waals surface area contributed by atoms with E-state index in [9.17, 15) is 18.3 Å². The number of rotatable bonds is 10. The lowest BCUT2D eigenvalue weighted by molar-refractivity contribution is -0.138. The van der Waals surface area contributed by atoms with Crippen LogP contribution in [0.15, 0.2) is 94.3 Å². The number of aliphatic carboxylic acids is 1. The normalized spacial score (nSPS) is 12.4. The fourth-order valence-corrected chi connectivity index (χ4v) is 7.01. The van der Waals surface area contributed by atoms with Gasteiger partial charge in [0, 0.05) is 21.2 Å². The molecule has 1 N–H and O–H groups in total. The summed E-state index contributed by atoms with van der Waals surface area (Å²) in [5.74, 6) is -0.525. The van der Waals surface area contributed by atoms with Crippen LogP contribution in [-0.4, -0.2) is 35.7 Å². The molecule has 210 valence electrons. The first kappa shape index (κ1) is 28.6. The summed E-state index contributed by atoms with van der Waals surface area (Å²) in [6, 6.07) is 22.3. The first-order chi connectivity index (χ1) is 19.7. The zero-order valence-corrected chi connectivity index (χ0v) is 24.2. The summed E-state index contributed by atoms with van der Waals surface area (Å²) in [6.07, 6.45) is 1.32. The molecular weight excluding hydrogens is 585 g/mol. The van der Waals surface area contributed by atoms with Crippen LogP contribution < -0.4 is 4.31 Å². The number of carboxylic acid groups (broad SMARTS) is 1. The highest BCUT2D eigenvalue weighted by atomic mass is 35.5.